The summed E-state index contributed by atoms with van der Waals surface area (Å²) >= 11 is 5.23. The van der Waals surface area contributed by atoms with E-state index in [2.05, 4.69) is 16.2 Å². The number of hydrogen-bond donors (Lipinski definition) is 3. The van der Waals surface area contributed by atoms with Crippen LogP contribution in [-0.2, 0) is 11.2 Å². The lowest BCUT2D eigenvalue weighted by molar-refractivity contribution is -0.121. The van der Waals surface area contributed by atoms with Gasteiger partial charge < -0.3 is 10.1 Å². The number of amides is 1. The Bertz CT molecular complexity index is 777. The lowest BCUT2D eigenvalue weighted by atomic mass is 10.1. The molecule has 2 aromatic carbocycles. The number of hydrogen-bond acceptors (Lipinski definition) is 3. The van der Waals surface area contributed by atoms with Crippen LogP contribution in [0.3, 0.4) is 0 Å². The molecule has 0 aliphatic heterocycles. The Labute approximate surface area is 160 Å². The highest BCUT2D eigenvalue weighted by molar-refractivity contribution is 7.80. The monoisotopic (exact) mass is 371 g/mol. The topological polar surface area (TPSA) is 62.4 Å². The van der Waals surface area contributed by atoms with Gasteiger partial charge in [-0.05, 0) is 68.2 Å². The summed E-state index contributed by atoms with van der Waals surface area (Å²) in [7, 11) is 0. The first kappa shape index (κ1) is 19.7. The summed E-state index contributed by atoms with van der Waals surface area (Å²) in [4.78, 5) is 12.1. The second-order valence-electron chi connectivity index (χ2n) is 5.92. The lowest BCUT2D eigenvalue weighted by Crippen LogP contribution is -2.43. The first-order valence-electron chi connectivity index (χ1n) is 8.64. The number of carbonyl (C=O) groups is 1. The van der Waals surface area contributed by atoms with E-state index in [-0.39, 0.29) is 5.91 Å². The molecule has 1 amide bonds. The van der Waals surface area contributed by atoms with Crippen molar-refractivity contribution in [3.63, 3.8) is 0 Å². The highest BCUT2D eigenvalue weighted by atomic mass is 32.1. The Kier molecular flexibility index (Phi) is 7.41. The van der Waals surface area contributed by atoms with Crippen LogP contribution < -0.4 is 20.9 Å². The summed E-state index contributed by atoms with van der Waals surface area (Å²) in [6.45, 7) is 6.61. The van der Waals surface area contributed by atoms with Crippen LogP contribution in [-0.4, -0.2) is 17.6 Å². The molecule has 0 heterocycles. The van der Waals surface area contributed by atoms with Crippen LogP contribution in [0.15, 0.2) is 42.5 Å². The maximum atomic E-state index is 12.1. The van der Waals surface area contributed by atoms with Crippen LogP contribution in [0.4, 0.5) is 5.69 Å². The summed E-state index contributed by atoms with van der Waals surface area (Å²) < 4.78 is 5.58. The Morgan fingerprint density at radius 1 is 1.08 bits per heavy atom. The molecule has 0 saturated carbocycles. The standard InChI is InChI=1S/C20H25N3O2S/c1-4-25-18-11-6-5-9-16(18)12-13-19(24)22-23-20(26)21-17-10-7-8-14(2)15(17)3/h5-11H,4,12-13H2,1-3H3,(H,22,24)(H2,21,23,26). The molecule has 2 rings (SSSR count). The van der Waals surface area contributed by atoms with Gasteiger partial charge in [0.05, 0.1) is 6.61 Å². The number of aryl methyl sites for hydroxylation is 2. The van der Waals surface area contributed by atoms with Gasteiger partial charge in [0.2, 0.25) is 5.91 Å². The Morgan fingerprint density at radius 3 is 2.62 bits per heavy atom. The third-order valence-corrected chi connectivity index (χ3v) is 4.27. The number of benzene rings is 2. The summed E-state index contributed by atoms with van der Waals surface area (Å²) in [5.41, 5.74) is 9.60. The second-order valence-corrected chi connectivity index (χ2v) is 6.32. The molecule has 138 valence electrons. The average Bonchev–Trinajstić information content (AvgIpc) is 2.63. The Balaban J connectivity index is 1.80. The van der Waals surface area contributed by atoms with E-state index in [0.717, 1.165) is 22.6 Å². The van der Waals surface area contributed by atoms with Gasteiger partial charge in [0.25, 0.3) is 0 Å². The number of anilines is 1. The molecular formula is C20H25N3O2S. The molecular weight excluding hydrogens is 346 g/mol. The van der Waals surface area contributed by atoms with Crippen molar-refractivity contribution in [3.8, 4) is 5.75 Å². The number of nitrogens with one attached hydrogen (secondary N) is 3. The van der Waals surface area contributed by atoms with Crippen molar-refractivity contribution in [1.82, 2.24) is 10.9 Å². The Hall–Kier alpha value is -2.60. The molecule has 0 saturated heterocycles. The molecule has 0 unspecified atom stereocenters. The van der Waals surface area contributed by atoms with E-state index in [1.807, 2.05) is 63.2 Å². The molecule has 3 N–H and O–H groups in total. The maximum Gasteiger partial charge on any atom is 0.238 e. The predicted molar refractivity (Wildman–Crippen MR) is 109 cm³/mol. The van der Waals surface area contributed by atoms with Gasteiger partial charge in [0.15, 0.2) is 5.11 Å². The van der Waals surface area contributed by atoms with E-state index in [4.69, 9.17) is 17.0 Å². The average molecular weight is 372 g/mol. The third-order valence-electron chi connectivity index (χ3n) is 4.06. The fraction of sp³-hybridized carbons (Fsp3) is 0.300. The molecule has 0 aliphatic carbocycles. The van der Waals surface area contributed by atoms with E-state index in [9.17, 15) is 4.79 Å². The molecule has 0 spiro atoms. The quantitative estimate of drug-likeness (QED) is 0.534. The summed E-state index contributed by atoms with van der Waals surface area (Å²) in [5, 5.41) is 3.44. The highest BCUT2D eigenvalue weighted by Gasteiger charge is 2.08. The van der Waals surface area contributed by atoms with Crippen molar-refractivity contribution in [3.05, 3.63) is 59.2 Å². The second kappa shape index (κ2) is 9.77. The van der Waals surface area contributed by atoms with Gasteiger partial charge in [0, 0.05) is 12.1 Å². The predicted octanol–water partition coefficient (Wildman–Crippen LogP) is 3.65. The number of rotatable bonds is 6. The molecule has 6 heteroatoms. The molecule has 0 aromatic heterocycles. The van der Waals surface area contributed by atoms with Gasteiger partial charge in [-0.25, -0.2) is 0 Å². The molecule has 0 aliphatic rings. The van der Waals surface area contributed by atoms with Crippen molar-refractivity contribution in [2.75, 3.05) is 11.9 Å². The molecule has 2 aromatic rings. The van der Waals surface area contributed by atoms with E-state index >= 15 is 0 Å². The fourth-order valence-electron chi connectivity index (χ4n) is 2.48. The minimum absolute atomic E-state index is 0.138. The van der Waals surface area contributed by atoms with E-state index in [0.29, 0.717) is 24.6 Å². The minimum atomic E-state index is -0.138. The van der Waals surface area contributed by atoms with E-state index in [1.54, 1.807) is 0 Å². The van der Waals surface area contributed by atoms with E-state index < -0.39 is 0 Å². The first-order chi connectivity index (χ1) is 12.5. The summed E-state index contributed by atoms with van der Waals surface area (Å²) in [6, 6.07) is 13.7. The van der Waals surface area contributed by atoms with Crippen LogP contribution in [0.25, 0.3) is 0 Å². The Morgan fingerprint density at radius 2 is 1.85 bits per heavy atom. The molecule has 5 nitrogen and oxygen atoms in total. The summed E-state index contributed by atoms with van der Waals surface area (Å²) in [6.07, 6.45) is 0.935. The largest absolute Gasteiger partial charge is 0.494 e. The van der Waals surface area contributed by atoms with Crippen LogP contribution in [0.1, 0.15) is 30.0 Å². The van der Waals surface area contributed by atoms with Crippen molar-refractivity contribution >= 4 is 28.9 Å². The van der Waals surface area contributed by atoms with Crippen molar-refractivity contribution < 1.29 is 9.53 Å². The lowest BCUT2D eigenvalue weighted by Gasteiger charge is -2.14. The molecule has 26 heavy (non-hydrogen) atoms. The molecule has 0 radical (unpaired) electrons. The maximum absolute atomic E-state index is 12.1. The van der Waals surface area contributed by atoms with Gasteiger partial charge >= 0.3 is 0 Å². The SMILES string of the molecule is CCOc1ccccc1CCC(=O)NNC(=S)Nc1cccc(C)c1C. The zero-order valence-corrected chi connectivity index (χ0v) is 16.2. The van der Waals surface area contributed by atoms with Crippen molar-refractivity contribution in [1.29, 1.82) is 0 Å². The van der Waals surface area contributed by atoms with Crippen LogP contribution >= 0.6 is 12.2 Å². The van der Waals surface area contributed by atoms with Crippen LogP contribution in [0.5, 0.6) is 5.75 Å². The van der Waals surface area contributed by atoms with Crippen molar-refractivity contribution in [2.24, 2.45) is 0 Å². The van der Waals surface area contributed by atoms with Crippen molar-refractivity contribution in [2.45, 2.75) is 33.6 Å². The summed E-state index contributed by atoms with van der Waals surface area (Å²) in [5.74, 6) is 0.685. The number of thiocarbonyl (C=S) groups is 1. The van der Waals surface area contributed by atoms with Gasteiger partial charge in [-0.3, -0.25) is 15.6 Å². The van der Waals surface area contributed by atoms with Gasteiger partial charge in [0.1, 0.15) is 5.75 Å². The molecule has 0 atom stereocenters. The van der Waals surface area contributed by atoms with Gasteiger partial charge in [-0.15, -0.1) is 0 Å². The third kappa shape index (κ3) is 5.74. The van der Waals surface area contributed by atoms with E-state index in [1.165, 1.54) is 5.56 Å². The first-order valence-corrected chi connectivity index (χ1v) is 9.04. The minimum Gasteiger partial charge on any atom is -0.494 e. The fourth-order valence-corrected chi connectivity index (χ4v) is 2.64. The highest BCUT2D eigenvalue weighted by Crippen LogP contribution is 2.19. The smallest absolute Gasteiger partial charge is 0.238 e. The van der Waals surface area contributed by atoms with Gasteiger partial charge in [-0.2, -0.15) is 0 Å². The van der Waals surface area contributed by atoms with Crippen LogP contribution in [0.2, 0.25) is 0 Å². The zero-order chi connectivity index (χ0) is 18.9. The molecule has 0 bridgehead atoms. The number of ether oxygens (including phenoxy) is 1. The number of hydrazine groups is 1. The van der Waals surface area contributed by atoms with Crippen LogP contribution in [0, 0.1) is 13.8 Å². The number of carbonyl (C=O) groups excluding carboxylic acids is 1. The van der Waals surface area contributed by atoms with Gasteiger partial charge in [-0.1, -0.05) is 30.3 Å². The zero-order valence-electron chi connectivity index (χ0n) is 15.4. The molecule has 0 fully saturated rings. The normalized spacial score (nSPS) is 10.1. The number of para-hydroxylation sites is 1.